The van der Waals surface area contributed by atoms with Gasteiger partial charge in [0, 0.05) is 11.9 Å². The summed E-state index contributed by atoms with van der Waals surface area (Å²) in [5.41, 5.74) is 5.57. The number of fused-ring (bicyclic) bond motifs is 1. The second kappa shape index (κ2) is 6.02. The van der Waals surface area contributed by atoms with Crippen molar-refractivity contribution in [3.63, 3.8) is 0 Å². The van der Waals surface area contributed by atoms with Gasteiger partial charge < -0.3 is 4.57 Å². The van der Waals surface area contributed by atoms with Crippen LogP contribution >= 0.6 is 0 Å². The van der Waals surface area contributed by atoms with E-state index in [2.05, 4.69) is 40.5 Å². The molecule has 0 radical (unpaired) electrons. The minimum Gasteiger partial charge on any atom is -0.312 e. The summed E-state index contributed by atoms with van der Waals surface area (Å²) in [4.78, 5) is 8.89. The number of nitrogens with zero attached hydrogens (tertiary/aromatic N) is 4. The van der Waals surface area contributed by atoms with Crippen LogP contribution in [-0.4, -0.2) is 19.1 Å². The van der Waals surface area contributed by atoms with Crippen LogP contribution in [-0.2, 0) is 6.54 Å². The second-order valence-electron chi connectivity index (χ2n) is 6.16. The summed E-state index contributed by atoms with van der Waals surface area (Å²) in [5, 5.41) is 9.58. The zero-order valence-electron chi connectivity index (χ0n) is 14.3. The summed E-state index contributed by atoms with van der Waals surface area (Å²) >= 11 is 0. The average Bonchev–Trinajstić information content (AvgIpc) is 2.90. The first-order valence-corrected chi connectivity index (χ1v) is 8.23. The molecule has 0 spiro atoms. The van der Waals surface area contributed by atoms with Crippen molar-refractivity contribution < 1.29 is 0 Å². The molecule has 0 saturated heterocycles. The Labute approximate surface area is 145 Å². The number of pyridine rings is 1. The van der Waals surface area contributed by atoms with Crippen molar-refractivity contribution in [2.24, 2.45) is 0 Å². The summed E-state index contributed by atoms with van der Waals surface area (Å²) in [6.07, 6.45) is 5.33. The SMILES string of the molecule is Cc1c(C)n(-c2cccnc2)c2ncn(Cc3ccccc3)c(=N)c12. The molecule has 5 nitrogen and oxygen atoms in total. The predicted molar refractivity (Wildman–Crippen MR) is 97.7 cm³/mol. The Kier molecular flexibility index (Phi) is 3.69. The van der Waals surface area contributed by atoms with Crippen LogP contribution in [0.2, 0.25) is 0 Å². The van der Waals surface area contributed by atoms with Crippen LogP contribution in [0, 0.1) is 19.3 Å². The zero-order valence-corrected chi connectivity index (χ0v) is 14.3. The number of aromatic nitrogens is 4. The van der Waals surface area contributed by atoms with E-state index in [-0.39, 0.29) is 0 Å². The molecule has 3 aromatic heterocycles. The molecule has 0 unspecified atom stereocenters. The highest BCUT2D eigenvalue weighted by Crippen LogP contribution is 2.24. The van der Waals surface area contributed by atoms with Gasteiger partial charge in [0.05, 0.1) is 30.1 Å². The Morgan fingerprint density at radius 1 is 1.04 bits per heavy atom. The quantitative estimate of drug-likeness (QED) is 0.626. The molecule has 4 aromatic rings. The Morgan fingerprint density at radius 3 is 2.56 bits per heavy atom. The van der Waals surface area contributed by atoms with E-state index in [1.807, 2.05) is 41.1 Å². The van der Waals surface area contributed by atoms with Crippen LogP contribution in [0.15, 0.2) is 61.2 Å². The van der Waals surface area contributed by atoms with E-state index < -0.39 is 0 Å². The Balaban J connectivity index is 1.91. The van der Waals surface area contributed by atoms with Crippen LogP contribution in [0.5, 0.6) is 0 Å². The Hall–Kier alpha value is -3.21. The lowest BCUT2D eigenvalue weighted by molar-refractivity contribution is 0.721. The second-order valence-corrected chi connectivity index (χ2v) is 6.16. The lowest BCUT2D eigenvalue weighted by atomic mass is 10.2. The topological polar surface area (TPSA) is 59.5 Å². The maximum atomic E-state index is 8.70. The predicted octanol–water partition coefficient (Wildman–Crippen LogP) is 3.37. The summed E-state index contributed by atoms with van der Waals surface area (Å²) in [5.74, 6) is 0. The molecular weight excluding hydrogens is 310 g/mol. The van der Waals surface area contributed by atoms with E-state index in [0.717, 1.165) is 33.5 Å². The van der Waals surface area contributed by atoms with E-state index in [1.165, 1.54) is 0 Å². The first-order chi connectivity index (χ1) is 12.2. The average molecular weight is 329 g/mol. The Bertz CT molecular complexity index is 1090. The smallest absolute Gasteiger partial charge is 0.150 e. The fraction of sp³-hybridized carbons (Fsp3) is 0.150. The molecule has 124 valence electrons. The molecule has 0 atom stereocenters. The molecule has 0 amide bonds. The number of aryl methyl sites for hydroxylation is 1. The van der Waals surface area contributed by atoms with Gasteiger partial charge in [-0.15, -0.1) is 0 Å². The van der Waals surface area contributed by atoms with Crippen LogP contribution in [0.3, 0.4) is 0 Å². The van der Waals surface area contributed by atoms with Gasteiger partial charge in [0.25, 0.3) is 0 Å². The van der Waals surface area contributed by atoms with Gasteiger partial charge in [-0.1, -0.05) is 30.3 Å². The van der Waals surface area contributed by atoms with Crippen molar-refractivity contribution in [1.82, 2.24) is 19.1 Å². The van der Waals surface area contributed by atoms with Crippen LogP contribution in [0.1, 0.15) is 16.8 Å². The van der Waals surface area contributed by atoms with Gasteiger partial charge in [-0.2, -0.15) is 0 Å². The van der Waals surface area contributed by atoms with E-state index in [0.29, 0.717) is 12.0 Å². The molecule has 1 aromatic carbocycles. The van der Waals surface area contributed by atoms with Crippen molar-refractivity contribution in [3.05, 3.63) is 83.5 Å². The third kappa shape index (κ3) is 2.54. The number of nitrogens with one attached hydrogen (secondary N) is 1. The number of hydrogen-bond donors (Lipinski definition) is 1. The molecule has 3 heterocycles. The number of benzene rings is 1. The van der Waals surface area contributed by atoms with Crippen LogP contribution < -0.4 is 5.49 Å². The normalized spacial score (nSPS) is 11.1. The summed E-state index contributed by atoms with van der Waals surface area (Å²) < 4.78 is 3.96. The van der Waals surface area contributed by atoms with Gasteiger partial charge in [0.15, 0.2) is 5.65 Å². The van der Waals surface area contributed by atoms with E-state index in [1.54, 1.807) is 12.5 Å². The highest BCUT2D eigenvalue weighted by molar-refractivity contribution is 5.82. The first-order valence-electron chi connectivity index (χ1n) is 8.23. The molecule has 0 aliphatic carbocycles. The molecule has 4 rings (SSSR count). The summed E-state index contributed by atoms with van der Waals surface area (Å²) in [6, 6.07) is 14.1. The largest absolute Gasteiger partial charge is 0.312 e. The van der Waals surface area contributed by atoms with Crippen molar-refractivity contribution >= 4 is 11.0 Å². The fourth-order valence-electron chi connectivity index (χ4n) is 3.22. The minimum absolute atomic E-state index is 0.483. The van der Waals surface area contributed by atoms with Crippen molar-refractivity contribution in [2.75, 3.05) is 0 Å². The van der Waals surface area contributed by atoms with Gasteiger partial charge in [-0.3, -0.25) is 15.0 Å². The van der Waals surface area contributed by atoms with Crippen molar-refractivity contribution in [3.8, 4) is 5.69 Å². The van der Waals surface area contributed by atoms with E-state index in [9.17, 15) is 0 Å². The lowest BCUT2D eigenvalue weighted by Crippen LogP contribution is -2.21. The molecule has 0 fully saturated rings. The first kappa shape index (κ1) is 15.3. The standard InChI is InChI=1S/C20H19N5/c1-14-15(2)25(17-9-6-10-22-11-17)20-18(14)19(21)24(13-23-20)12-16-7-4-3-5-8-16/h3-11,13,21H,12H2,1-2H3. The van der Waals surface area contributed by atoms with Crippen LogP contribution in [0.4, 0.5) is 0 Å². The molecule has 0 aliphatic heterocycles. The third-order valence-electron chi connectivity index (χ3n) is 4.63. The maximum absolute atomic E-state index is 8.70. The monoisotopic (exact) mass is 329 g/mol. The third-order valence-corrected chi connectivity index (χ3v) is 4.63. The minimum atomic E-state index is 0.483. The summed E-state index contributed by atoms with van der Waals surface area (Å²) in [7, 11) is 0. The van der Waals surface area contributed by atoms with E-state index >= 15 is 0 Å². The van der Waals surface area contributed by atoms with Gasteiger partial charge in [0.1, 0.15) is 5.49 Å². The van der Waals surface area contributed by atoms with Gasteiger partial charge in [0.2, 0.25) is 0 Å². The highest BCUT2D eigenvalue weighted by atomic mass is 15.1. The van der Waals surface area contributed by atoms with Gasteiger partial charge in [-0.25, -0.2) is 4.98 Å². The molecule has 5 heteroatoms. The molecule has 25 heavy (non-hydrogen) atoms. The summed E-state index contributed by atoms with van der Waals surface area (Å²) in [6.45, 7) is 4.75. The lowest BCUT2D eigenvalue weighted by Gasteiger charge is -2.09. The van der Waals surface area contributed by atoms with Crippen molar-refractivity contribution in [1.29, 1.82) is 5.41 Å². The maximum Gasteiger partial charge on any atom is 0.150 e. The molecule has 0 bridgehead atoms. The van der Waals surface area contributed by atoms with E-state index in [4.69, 9.17) is 5.41 Å². The van der Waals surface area contributed by atoms with Gasteiger partial charge >= 0.3 is 0 Å². The molecular formula is C20H19N5. The van der Waals surface area contributed by atoms with Crippen LogP contribution in [0.25, 0.3) is 16.7 Å². The van der Waals surface area contributed by atoms with Gasteiger partial charge in [-0.05, 0) is 37.1 Å². The number of rotatable bonds is 3. The highest BCUT2D eigenvalue weighted by Gasteiger charge is 2.16. The number of hydrogen-bond acceptors (Lipinski definition) is 3. The molecule has 1 N–H and O–H groups in total. The fourth-order valence-corrected chi connectivity index (χ4v) is 3.22. The zero-order chi connectivity index (χ0) is 17.4. The molecule has 0 aliphatic rings. The molecule has 0 saturated carbocycles. The van der Waals surface area contributed by atoms with Crippen molar-refractivity contribution in [2.45, 2.75) is 20.4 Å². The Morgan fingerprint density at radius 2 is 1.84 bits per heavy atom.